The summed E-state index contributed by atoms with van der Waals surface area (Å²) >= 11 is 2.98. The third-order valence-corrected chi connectivity index (χ3v) is 3.83. The fourth-order valence-corrected chi connectivity index (χ4v) is 2.70. The molecule has 1 aliphatic heterocycles. The molecule has 1 amide bonds. The average molecular weight is 334 g/mol. The molecule has 3 nitrogen and oxygen atoms in total. The Balaban J connectivity index is 2.29. The van der Waals surface area contributed by atoms with E-state index in [1.165, 1.54) is 4.90 Å². The van der Waals surface area contributed by atoms with E-state index in [1.807, 2.05) is 6.92 Å². The van der Waals surface area contributed by atoms with Gasteiger partial charge in [0.05, 0.1) is 12.1 Å². The molecular weight excluding hydrogens is 320 g/mol. The molecule has 1 aromatic rings. The van der Waals surface area contributed by atoms with Crippen molar-refractivity contribution in [3.05, 3.63) is 33.8 Å². The smallest absolute Gasteiger partial charge is 0.259 e. The van der Waals surface area contributed by atoms with E-state index in [2.05, 4.69) is 15.9 Å². The van der Waals surface area contributed by atoms with Crippen molar-refractivity contribution >= 4 is 21.8 Å². The molecule has 1 fully saturated rings. The number of likely N-dealkylation sites (N-methyl/N-ethyl adjacent to an activating group) is 1. The molecule has 0 N–H and O–H groups in total. The van der Waals surface area contributed by atoms with Crippen LogP contribution in [0.15, 0.2) is 16.6 Å². The largest absolute Gasteiger partial charge is 0.376 e. The molecular formula is C13H14BrF2NO2. The van der Waals surface area contributed by atoms with Gasteiger partial charge >= 0.3 is 0 Å². The number of halogens is 3. The number of hydrogen-bond acceptors (Lipinski definition) is 2. The number of carbonyl (C=O) groups excluding carboxylic acids is 1. The zero-order valence-electron chi connectivity index (χ0n) is 10.6. The summed E-state index contributed by atoms with van der Waals surface area (Å²) in [7, 11) is 1.54. The number of rotatable bonds is 2. The monoisotopic (exact) mass is 333 g/mol. The molecule has 0 saturated carbocycles. The summed E-state index contributed by atoms with van der Waals surface area (Å²) in [4.78, 5) is 13.6. The van der Waals surface area contributed by atoms with E-state index in [-0.39, 0.29) is 16.6 Å². The summed E-state index contributed by atoms with van der Waals surface area (Å²) in [6, 6.07) is 2.01. The minimum Gasteiger partial charge on any atom is -0.376 e. The quantitative estimate of drug-likeness (QED) is 0.832. The summed E-state index contributed by atoms with van der Waals surface area (Å²) in [5.41, 5.74) is -0.523. The summed E-state index contributed by atoms with van der Waals surface area (Å²) in [5, 5.41) is 0. The molecule has 0 bridgehead atoms. The number of carbonyl (C=O) groups is 1. The van der Waals surface area contributed by atoms with E-state index in [4.69, 9.17) is 4.74 Å². The van der Waals surface area contributed by atoms with Gasteiger partial charge in [0.15, 0.2) is 0 Å². The van der Waals surface area contributed by atoms with Crippen LogP contribution in [0.2, 0.25) is 0 Å². The fourth-order valence-electron chi connectivity index (χ4n) is 2.30. The van der Waals surface area contributed by atoms with Crippen LogP contribution in [-0.2, 0) is 4.74 Å². The Kier molecular flexibility index (Phi) is 4.20. The van der Waals surface area contributed by atoms with Gasteiger partial charge in [-0.25, -0.2) is 8.78 Å². The van der Waals surface area contributed by atoms with Crippen molar-refractivity contribution in [2.45, 2.75) is 25.5 Å². The highest BCUT2D eigenvalue weighted by Gasteiger charge is 2.33. The number of ether oxygens (including phenoxy) is 1. The molecule has 2 rings (SSSR count). The van der Waals surface area contributed by atoms with Crippen LogP contribution in [0.25, 0.3) is 0 Å². The lowest BCUT2D eigenvalue weighted by Crippen LogP contribution is -2.41. The maximum absolute atomic E-state index is 13.8. The average Bonchev–Trinajstić information content (AvgIpc) is 2.73. The van der Waals surface area contributed by atoms with Crippen LogP contribution in [0.3, 0.4) is 0 Å². The molecule has 0 spiro atoms. The minimum atomic E-state index is -0.865. The van der Waals surface area contributed by atoms with E-state index in [1.54, 1.807) is 7.05 Å². The number of nitrogens with zero attached hydrogens (tertiary/aromatic N) is 1. The lowest BCUT2D eigenvalue weighted by atomic mass is 10.1. The Bertz CT molecular complexity index is 486. The second-order valence-corrected chi connectivity index (χ2v) is 5.51. The highest BCUT2D eigenvalue weighted by Crippen LogP contribution is 2.24. The first-order valence-corrected chi connectivity index (χ1v) is 6.74. The van der Waals surface area contributed by atoms with Crippen LogP contribution in [-0.4, -0.2) is 36.6 Å². The molecule has 0 radical (unpaired) electrons. The highest BCUT2D eigenvalue weighted by molar-refractivity contribution is 9.10. The van der Waals surface area contributed by atoms with Crippen LogP contribution in [0.5, 0.6) is 0 Å². The Morgan fingerprint density at radius 1 is 1.42 bits per heavy atom. The van der Waals surface area contributed by atoms with Crippen LogP contribution in [0.4, 0.5) is 8.78 Å². The van der Waals surface area contributed by atoms with Crippen molar-refractivity contribution < 1.29 is 18.3 Å². The van der Waals surface area contributed by atoms with E-state index in [0.29, 0.717) is 13.0 Å². The van der Waals surface area contributed by atoms with Crippen molar-refractivity contribution in [2.75, 3.05) is 13.7 Å². The summed E-state index contributed by atoms with van der Waals surface area (Å²) < 4.78 is 33.1. The van der Waals surface area contributed by atoms with Crippen molar-refractivity contribution in [1.82, 2.24) is 4.90 Å². The van der Waals surface area contributed by atoms with Crippen LogP contribution in [0, 0.1) is 11.6 Å². The highest BCUT2D eigenvalue weighted by atomic mass is 79.9. The van der Waals surface area contributed by atoms with Crippen LogP contribution < -0.4 is 0 Å². The fraction of sp³-hybridized carbons (Fsp3) is 0.462. The van der Waals surface area contributed by atoms with Gasteiger partial charge in [0.2, 0.25) is 0 Å². The molecule has 0 aliphatic carbocycles. The topological polar surface area (TPSA) is 29.5 Å². The molecule has 1 aromatic carbocycles. The second kappa shape index (κ2) is 5.54. The van der Waals surface area contributed by atoms with E-state index >= 15 is 0 Å². The van der Waals surface area contributed by atoms with Gasteiger partial charge in [0, 0.05) is 18.1 Å². The Morgan fingerprint density at radius 3 is 2.47 bits per heavy atom. The van der Waals surface area contributed by atoms with Crippen molar-refractivity contribution in [1.29, 1.82) is 0 Å². The molecule has 2 unspecified atom stereocenters. The van der Waals surface area contributed by atoms with Crippen molar-refractivity contribution in [3.8, 4) is 0 Å². The second-order valence-electron chi connectivity index (χ2n) is 4.59. The Labute approximate surface area is 118 Å². The van der Waals surface area contributed by atoms with Crippen LogP contribution in [0.1, 0.15) is 23.7 Å². The normalized spacial score (nSPS) is 22.6. The predicted molar refractivity (Wildman–Crippen MR) is 70.0 cm³/mol. The van der Waals surface area contributed by atoms with E-state index < -0.39 is 23.1 Å². The summed E-state index contributed by atoms with van der Waals surface area (Å²) in [5.74, 6) is -2.39. The summed E-state index contributed by atoms with van der Waals surface area (Å²) in [6.07, 6.45) is 0.541. The maximum Gasteiger partial charge on any atom is 0.259 e. The Morgan fingerprint density at radius 2 is 2.00 bits per heavy atom. The zero-order valence-corrected chi connectivity index (χ0v) is 12.2. The van der Waals surface area contributed by atoms with Gasteiger partial charge < -0.3 is 9.64 Å². The molecule has 0 aromatic heterocycles. The molecule has 104 valence electrons. The molecule has 1 heterocycles. The lowest BCUT2D eigenvalue weighted by Gasteiger charge is -2.27. The van der Waals surface area contributed by atoms with E-state index in [9.17, 15) is 13.6 Å². The molecule has 1 aliphatic rings. The third kappa shape index (κ3) is 2.79. The molecule has 1 saturated heterocycles. The zero-order chi connectivity index (χ0) is 14.2. The first-order valence-electron chi connectivity index (χ1n) is 5.95. The van der Waals surface area contributed by atoms with Gasteiger partial charge in [-0.2, -0.15) is 0 Å². The minimum absolute atomic E-state index is 0.129. The van der Waals surface area contributed by atoms with Gasteiger partial charge in [-0.1, -0.05) is 15.9 Å². The van der Waals surface area contributed by atoms with Gasteiger partial charge in [0.25, 0.3) is 5.91 Å². The van der Waals surface area contributed by atoms with Gasteiger partial charge in [-0.05, 0) is 25.5 Å². The SMILES string of the molecule is CC1OCCC1N(C)C(=O)c1c(F)cc(Br)cc1F. The predicted octanol–water partition coefficient (Wildman–Crippen LogP) is 2.98. The van der Waals surface area contributed by atoms with Crippen LogP contribution >= 0.6 is 15.9 Å². The first-order chi connectivity index (χ1) is 8.91. The maximum atomic E-state index is 13.8. The molecule has 19 heavy (non-hydrogen) atoms. The third-order valence-electron chi connectivity index (χ3n) is 3.37. The standard InChI is InChI=1S/C13H14BrF2NO2/c1-7-11(3-4-19-7)17(2)13(18)12-9(15)5-8(14)6-10(12)16/h5-7,11H,3-4H2,1-2H3. The number of hydrogen-bond donors (Lipinski definition) is 0. The first kappa shape index (κ1) is 14.4. The van der Waals surface area contributed by atoms with E-state index in [0.717, 1.165) is 12.1 Å². The van der Waals surface area contributed by atoms with Gasteiger partial charge in [0.1, 0.15) is 17.2 Å². The number of benzene rings is 1. The molecule has 2 atom stereocenters. The van der Waals surface area contributed by atoms with Gasteiger partial charge in [-0.3, -0.25) is 4.79 Å². The lowest BCUT2D eigenvalue weighted by molar-refractivity contribution is 0.0566. The Hall–Kier alpha value is -1.01. The van der Waals surface area contributed by atoms with Gasteiger partial charge in [-0.15, -0.1) is 0 Å². The van der Waals surface area contributed by atoms with Crippen molar-refractivity contribution in [2.24, 2.45) is 0 Å². The summed E-state index contributed by atoms with van der Waals surface area (Å²) in [6.45, 7) is 2.39. The molecule has 6 heteroatoms. The van der Waals surface area contributed by atoms with Crippen molar-refractivity contribution in [3.63, 3.8) is 0 Å². The number of amides is 1.